The molecular formula is C14H11N3. The molecule has 0 bridgehead atoms. The SMILES string of the molecule is c1ccc(-c2cnc(-c3ccc[nH]3)nc2)cc1. The molecule has 0 radical (unpaired) electrons. The van der Waals surface area contributed by atoms with Gasteiger partial charge in [0, 0.05) is 24.2 Å². The largest absolute Gasteiger partial charge is 0.359 e. The second kappa shape index (κ2) is 4.22. The Hall–Kier alpha value is -2.42. The molecule has 0 unspecified atom stereocenters. The average molecular weight is 221 g/mol. The van der Waals surface area contributed by atoms with Crippen molar-refractivity contribution in [3.05, 3.63) is 61.1 Å². The number of nitrogens with zero attached hydrogens (tertiary/aromatic N) is 2. The number of aromatic nitrogens is 3. The van der Waals surface area contributed by atoms with Crippen LogP contribution < -0.4 is 0 Å². The highest BCUT2D eigenvalue weighted by molar-refractivity contribution is 5.62. The molecule has 0 aliphatic rings. The highest BCUT2D eigenvalue weighted by Crippen LogP contribution is 2.18. The summed E-state index contributed by atoms with van der Waals surface area (Å²) in [4.78, 5) is 11.8. The Balaban J connectivity index is 1.96. The number of H-pyrrole nitrogens is 1. The summed E-state index contributed by atoms with van der Waals surface area (Å²) in [6.07, 6.45) is 5.56. The first-order valence-electron chi connectivity index (χ1n) is 5.45. The van der Waals surface area contributed by atoms with Crippen LogP contribution >= 0.6 is 0 Å². The zero-order valence-electron chi connectivity index (χ0n) is 9.17. The highest BCUT2D eigenvalue weighted by atomic mass is 14.9. The Morgan fingerprint density at radius 1 is 0.765 bits per heavy atom. The van der Waals surface area contributed by atoms with Crippen molar-refractivity contribution in [3.63, 3.8) is 0 Å². The van der Waals surface area contributed by atoms with Crippen LogP contribution in [-0.2, 0) is 0 Å². The third kappa shape index (κ3) is 1.95. The minimum atomic E-state index is 0.717. The smallest absolute Gasteiger partial charge is 0.175 e. The lowest BCUT2D eigenvalue weighted by atomic mass is 10.1. The van der Waals surface area contributed by atoms with E-state index in [0.717, 1.165) is 22.6 Å². The van der Waals surface area contributed by atoms with E-state index in [4.69, 9.17) is 0 Å². The van der Waals surface area contributed by atoms with Gasteiger partial charge in [-0.15, -0.1) is 0 Å². The molecule has 0 fully saturated rings. The normalized spacial score (nSPS) is 10.4. The van der Waals surface area contributed by atoms with Gasteiger partial charge >= 0.3 is 0 Å². The summed E-state index contributed by atoms with van der Waals surface area (Å²) in [6, 6.07) is 14.0. The number of hydrogen-bond donors (Lipinski definition) is 1. The number of rotatable bonds is 2. The van der Waals surface area contributed by atoms with Crippen molar-refractivity contribution in [2.75, 3.05) is 0 Å². The van der Waals surface area contributed by atoms with Gasteiger partial charge in [-0.1, -0.05) is 30.3 Å². The minimum Gasteiger partial charge on any atom is -0.359 e. The first kappa shape index (κ1) is 9.78. The fourth-order valence-electron chi connectivity index (χ4n) is 1.72. The topological polar surface area (TPSA) is 41.6 Å². The molecule has 0 aliphatic carbocycles. The second-order valence-electron chi connectivity index (χ2n) is 3.75. The molecule has 3 rings (SSSR count). The number of aromatic amines is 1. The van der Waals surface area contributed by atoms with E-state index in [1.165, 1.54) is 0 Å². The van der Waals surface area contributed by atoms with E-state index in [1.807, 2.05) is 61.1 Å². The molecule has 0 saturated carbocycles. The van der Waals surface area contributed by atoms with Crippen molar-refractivity contribution < 1.29 is 0 Å². The third-order valence-electron chi connectivity index (χ3n) is 2.60. The molecule has 1 aromatic carbocycles. The Bertz CT molecular complexity index is 583. The Kier molecular flexibility index (Phi) is 2.43. The predicted octanol–water partition coefficient (Wildman–Crippen LogP) is 3.14. The van der Waals surface area contributed by atoms with Crippen molar-refractivity contribution in [2.45, 2.75) is 0 Å². The van der Waals surface area contributed by atoms with Gasteiger partial charge in [0.25, 0.3) is 0 Å². The molecule has 0 spiro atoms. The maximum absolute atomic E-state index is 4.36. The molecular weight excluding hydrogens is 210 g/mol. The van der Waals surface area contributed by atoms with Gasteiger partial charge in [0.15, 0.2) is 5.82 Å². The standard InChI is InChI=1S/C14H11N3/c1-2-5-11(6-3-1)12-9-16-14(17-10-12)13-7-4-8-15-13/h1-10,15H. The van der Waals surface area contributed by atoms with Crippen molar-refractivity contribution in [1.82, 2.24) is 15.0 Å². The number of nitrogens with one attached hydrogen (secondary N) is 1. The zero-order chi connectivity index (χ0) is 11.5. The van der Waals surface area contributed by atoms with Crippen LogP contribution in [0.4, 0.5) is 0 Å². The highest BCUT2D eigenvalue weighted by Gasteiger charge is 2.02. The zero-order valence-corrected chi connectivity index (χ0v) is 9.17. The van der Waals surface area contributed by atoms with Crippen LogP contribution in [0.3, 0.4) is 0 Å². The van der Waals surface area contributed by atoms with Crippen LogP contribution in [0.15, 0.2) is 61.1 Å². The minimum absolute atomic E-state index is 0.717. The molecule has 3 heteroatoms. The Morgan fingerprint density at radius 3 is 2.18 bits per heavy atom. The summed E-state index contributed by atoms with van der Waals surface area (Å²) in [5.41, 5.74) is 3.09. The second-order valence-corrected chi connectivity index (χ2v) is 3.75. The molecule has 0 saturated heterocycles. The van der Waals surface area contributed by atoms with E-state index in [2.05, 4.69) is 15.0 Å². The monoisotopic (exact) mass is 221 g/mol. The van der Waals surface area contributed by atoms with Crippen LogP contribution in [0.25, 0.3) is 22.6 Å². The molecule has 0 amide bonds. The summed E-state index contributed by atoms with van der Waals surface area (Å²) >= 11 is 0. The van der Waals surface area contributed by atoms with E-state index >= 15 is 0 Å². The van der Waals surface area contributed by atoms with Gasteiger partial charge in [-0.25, -0.2) is 9.97 Å². The van der Waals surface area contributed by atoms with Crippen LogP contribution in [0, 0.1) is 0 Å². The van der Waals surface area contributed by atoms with Gasteiger partial charge in [-0.05, 0) is 17.7 Å². The van der Waals surface area contributed by atoms with Crippen molar-refractivity contribution in [1.29, 1.82) is 0 Å². The lowest BCUT2D eigenvalue weighted by molar-refractivity contribution is 1.15. The van der Waals surface area contributed by atoms with Crippen LogP contribution in [0.2, 0.25) is 0 Å². The molecule has 1 N–H and O–H groups in total. The van der Waals surface area contributed by atoms with Gasteiger partial charge < -0.3 is 4.98 Å². The van der Waals surface area contributed by atoms with E-state index < -0.39 is 0 Å². The predicted molar refractivity (Wildman–Crippen MR) is 67.3 cm³/mol. The Labute approximate surface area is 99.2 Å². The molecule has 2 aromatic heterocycles. The van der Waals surface area contributed by atoms with Gasteiger partial charge in [0.2, 0.25) is 0 Å². The molecule has 17 heavy (non-hydrogen) atoms. The van der Waals surface area contributed by atoms with Crippen LogP contribution in [0.5, 0.6) is 0 Å². The molecule has 0 atom stereocenters. The van der Waals surface area contributed by atoms with E-state index in [-0.39, 0.29) is 0 Å². The first-order chi connectivity index (χ1) is 8.43. The lowest BCUT2D eigenvalue weighted by Crippen LogP contribution is -1.89. The molecule has 3 nitrogen and oxygen atoms in total. The van der Waals surface area contributed by atoms with Crippen molar-refractivity contribution in [3.8, 4) is 22.6 Å². The van der Waals surface area contributed by atoms with Crippen LogP contribution in [-0.4, -0.2) is 15.0 Å². The van der Waals surface area contributed by atoms with Gasteiger partial charge in [0.05, 0.1) is 5.69 Å². The van der Waals surface area contributed by atoms with E-state index in [0.29, 0.717) is 0 Å². The van der Waals surface area contributed by atoms with E-state index in [1.54, 1.807) is 0 Å². The van der Waals surface area contributed by atoms with Gasteiger partial charge in [-0.2, -0.15) is 0 Å². The van der Waals surface area contributed by atoms with E-state index in [9.17, 15) is 0 Å². The van der Waals surface area contributed by atoms with Crippen molar-refractivity contribution >= 4 is 0 Å². The average Bonchev–Trinajstić information content (AvgIpc) is 2.94. The molecule has 3 aromatic rings. The summed E-state index contributed by atoms with van der Waals surface area (Å²) in [6.45, 7) is 0. The molecule has 0 aliphatic heterocycles. The maximum atomic E-state index is 4.36. The summed E-state index contributed by atoms with van der Waals surface area (Å²) < 4.78 is 0. The Morgan fingerprint density at radius 2 is 1.53 bits per heavy atom. The summed E-state index contributed by atoms with van der Waals surface area (Å²) in [7, 11) is 0. The third-order valence-corrected chi connectivity index (χ3v) is 2.60. The fraction of sp³-hybridized carbons (Fsp3) is 0. The summed E-state index contributed by atoms with van der Waals surface area (Å²) in [5, 5.41) is 0. The quantitative estimate of drug-likeness (QED) is 0.722. The molecule has 2 heterocycles. The van der Waals surface area contributed by atoms with Crippen molar-refractivity contribution in [2.24, 2.45) is 0 Å². The fourth-order valence-corrected chi connectivity index (χ4v) is 1.72. The van der Waals surface area contributed by atoms with Crippen LogP contribution in [0.1, 0.15) is 0 Å². The first-order valence-corrected chi connectivity index (χ1v) is 5.45. The number of benzene rings is 1. The number of hydrogen-bond acceptors (Lipinski definition) is 2. The molecule has 82 valence electrons. The van der Waals surface area contributed by atoms with Gasteiger partial charge in [0.1, 0.15) is 0 Å². The van der Waals surface area contributed by atoms with Gasteiger partial charge in [-0.3, -0.25) is 0 Å². The summed E-state index contributed by atoms with van der Waals surface area (Å²) in [5.74, 6) is 0.717. The maximum Gasteiger partial charge on any atom is 0.175 e. The lowest BCUT2D eigenvalue weighted by Gasteiger charge is -2.01.